The zero-order valence-electron chi connectivity index (χ0n) is 15.0. The van der Waals surface area contributed by atoms with Crippen molar-refractivity contribution in [3.63, 3.8) is 0 Å². The first-order chi connectivity index (χ1) is 13.1. The summed E-state index contributed by atoms with van der Waals surface area (Å²) in [5, 5.41) is 5.66. The lowest BCUT2D eigenvalue weighted by Gasteiger charge is -2.14. The first-order valence-corrected chi connectivity index (χ1v) is 10.3. The van der Waals surface area contributed by atoms with Crippen LogP contribution in [-0.4, -0.2) is 59.2 Å². The van der Waals surface area contributed by atoms with E-state index >= 15 is 0 Å². The fourth-order valence-electron chi connectivity index (χ4n) is 3.38. The Labute approximate surface area is 162 Å². The van der Waals surface area contributed by atoms with Crippen LogP contribution >= 0.6 is 11.8 Å². The molecule has 3 rings (SSSR count). The lowest BCUT2D eigenvalue weighted by atomic mass is 10.1. The molecule has 2 N–H and O–H groups in total. The first-order valence-electron chi connectivity index (χ1n) is 9.15. The minimum Gasteiger partial charge on any atom is -0.354 e. The van der Waals surface area contributed by atoms with Crippen LogP contribution in [0.1, 0.15) is 46.4 Å². The Hall–Kier alpha value is -2.35. The van der Waals surface area contributed by atoms with Crippen LogP contribution in [0, 0.1) is 0 Å². The number of rotatable bonds is 8. The van der Waals surface area contributed by atoms with E-state index in [2.05, 4.69) is 10.6 Å². The van der Waals surface area contributed by atoms with E-state index in [-0.39, 0.29) is 54.3 Å². The molecule has 0 saturated heterocycles. The Kier molecular flexibility index (Phi) is 6.49. The molecule has 1 aliphatic heterocycles. The molecule has 0 atom stereocenters. The van der Waals surface area contributed by atoms with E-state index in [1.165, 1.54) is 11.8 Å². The van der Waals surface area contributed by atoms with Crippen LogP contribution in [0.2, 0.25) is 0 Å². The van der Waals surface area contributed by atoms with Gasteiger partial charge in [-0.3, -0.25) is 24.1 Å². The Morgan fingerprint density at radius 3 is 2.22 bits per heavy atom. The summed E-state index contributed by atoms with van der Waals surface area (Å²) in [6, 6.07) is 6.97. The average Bonchev–Trinajstić information content (AvgIpc) is 3.24. The molecule has 0 spiro atoms. The second kappa shape index (κ2) is 9.03. The third-order valence-corrected chi connectivity index (χ3v) is 5.65. The number of fused-ring (bicyclic) bond motifs is 1. The molecule has 0 bridgehead atoms. The summed E-state index contributed by atoms with van der Waals surface area (Å²) < 4.78 is 0. The fraction of sp³-hybridized carbons (Fsp3) is 0.474. The Morgan fingerprint density at radius 2 is 1.59 bits per heavy atom. The molecular formula is C19H23N3O4S. The van der Waals surface area contributed by atoms with Crippen LogP contribution in [0.4, 0.5) is 0 Å². The van der Waals surface area contributed by atoms with Crippen molar-refractivity contribution in [2.24, 2.45) is 0 Å². The molecule has 1 aromatic rings. The van der Waals surface area contributed by atoms with Crippen LogP contribution < -0.4 is 10.6 Å². The number of thioether (sulfide) groups is 1. The number of carbonyl (C=O) groups excluding carboxylic acids is 4. The molecule has 1 aromatic carbocycles. The van der Waals surface area contributed by atoms with Gasteiger partial charge in [0.15, 0.2) is 0 Å². The molecule has 2 aliphatic rings. The third-order valence-electron chi connectivity index (χ3n) is 4.72. The normalized spacial score (nSPS) is 16.5. The van der Waals surface area contributed by atoms with Gasteiger partial charge in [0.2, 0.25) is 11.8 Å². The quantitative estimate of drug-likeness (QED) is 0.651. The molecule has 1 heterocycles. The van der Waals surface area contributed by atoms with Gasteiger partial charge in [0, 0.05) is 19.1 Å². The Bertz CT molecular complexity index is 711. The molecule has 1 fully saturated rings. The van der Waals surface area contributed by atoms with Gasteiger partial charge in [-0.2, -0.15) is 0 Å². The SMILES string of the molecule is O=C(CSCC(=O)NC1CCCC1)NCCN1C(=O)c2ccccc2C1=O. The summed E-state index contributed by atoms with van der Waals surface area (Å²) in [6.45, 7) is 0.323. The highest BCUT2D eigenvalue weighted by atomic mass is 32.2. The van der Waals surface area contributed by atoms with Crippen LogP contribution in [0.5, 0.6) is 0 Å². The number of benzene rings is 1. The molecule has 144 valence electrons. The van der Waals surface area contributed by atoms with E-state index in [1.807, 2.05) is 0 Å². The number of imide groups is 1. The summed E-state index contributed by atoms with van der Waals surface area (Å²) in [5.41, 5.74) is 0.801. The number of hydrogen-bond donors (Lipinski definition) is 2. The number of hydrogen-bond acceptors (Lipinski definition) is 5. The van der Waals surface area contributed by atoms with Crippen LogP contribution in [0.25, 0.3) is 0 Å². The molecule has 4 amide bonds. The minimum absolute atomic E-state index is 0.0364. The third kappa shape index (κ3) is 4.88. The Morgan fingerprint density at radius 1 is 1.00 bits per heavy atom. The highest BCUT2D eigenvalue weighted by molar-refractivity contribution is 8.00. The predicted octanol–water partition coefficient (Wildman–Crippen LogP) is 1.19. The number of nitrogens with one attached hydrogen (secondary N) is 2. The topological polar surface area (TPSA) is 95.6 Å². The summed E-state index contributed by atoms with van der Waals surface area (Å²) in [7, 11) is 0. The lowest BCUT2D eigenvalue weighted by molar-refractivity contribution is -0.119. The fourth-order valence-corrected chi connectivity index (χ4v) is 4.03. The predicted molar refractivity (Wildman–Crippen MR) is 103 cm³/mol. The van der Waals surface area contributed by atoms with E-state index in [1.54, 1.807) is 24.3 Å². The van der Waals surface area contributed by atoms with Gasteiger partial charge in [0.1, 0.15) is 0 Å². The molecule has 1 saturated carbocycles. The molecule has 8 heteroatoms. The maximum atomic E-state index is 12.2. The van der Waals surface area contributed by atoms with E-state index in [4.69, 9.17) is 0 Å². The maximum Gasteiger partial charge on any atom is 0.261 e. The van der Waals surface area contributed by atoms with Gasteiger partial charge in [-0.05, 0) is 25.0 Å². The molecule has 0 aromatic heterocycles. The minimum atomic E-state index is -0.331. The monoisotopic (exact) mass is 389 g/mol. The molecule has 7 nitrogen and oxygen atoms in total. The summed E-state index contributed by atoms with van der Waals surface area (Å²) in [5.74, 6) is -0.496. The van der Waals surface area contributed by atoms with Gasteiger partial charge in [-0.15, -0.1) is 11.8 Å². The van der Waals surface area contributed by atoms with Gasteiger partial charge in [-0.25, -0.2) is 0 Å². The van der Waals surface area contributed by atoms with Crippen molar-refractivity contribution in [1.82, 2.24) is 15.5 Å². The number of nitrogens with zero attached hydrogens (tertiary/aromatic N) is 1. The Balaban J connectivity index is 1.32. The smallest absolute Gasteiger partial charge is 0.261 e. The van der Waals surface area contributed by atoms with Gasteiger partial charge < -0.3 is 10.6 Å². The molecular weight excluding hydrogens is 366 g/mol. The molecule has 0 radical (unpaired) electrons. The zero-order chi connectivity index (χ0) is 19.2. The van der Waals surface area contributed by atoms with Crippen molar-refractivity contribution in [3.8, 4) is 0 Å². The van der Waals surface area contributed by atoms with Crippen molar-refractivity contribution in [3.05, 3.63) is 35.4 Å². The average molecular weight is 389 g/mol. The van der Waals surface area contributed by atoms with Crippen molar-refractivity contribution >= 4 is 35.4 Å². The largest absolute Gasteiger partial charge is 0.354 e. The van der Waals surface area contributed by atoms with Gasteiger partial charge in [0.25, 0.3) is 11.8 Å². The van der Waals surface area contributed by atoms with Gasteiger partial charge in [0.05, 0.1) is 22.6 Å². The van der Waals surface area contributed by atoms with Crippen LogP contribution in [0.15, 0.2) is 24.3 Å². The van der Waals surface area contributed by atoms with Crippen LogP contribution in [-0.2, 0) is 9.59 Å². The second-order valence-corrected chi connectivity index (χ2v) is 7.68. The number of amides is 4. The van der Waals surface area contributed by atoms with Crippen molar-refractivity contribution in [2.45, 2.75) is 31.7 Å². The zero-order valence-corrected chi connectivity index (χ0v) is 15.8. The van der Waals surface area contributed by atoms with Crippen molar-refractivity contribution < 1.29 is 19.2 Å². The van der Waals surface area contributed by atoms with E-state index in [0.29, 0.717) is 11.1 Å². The van der Waals surface area contributed by atoms with Crippen molar-refractivity contribution in [2.75, 3.05) is 24.6 Å². The first kappa shape index (κ1) is 19.4. The summed E-state index contributed by atoms with van der Waals surface area (Å²) in [4.78, 5) is 49.3. The molecule has 0 unspecified atom stereocenters. The summed E-state index contributed by atoms with van der Waals surface area (Å²) in [6.07, 6.45) is 4.39. The number of carbonyl (C=O) groups is 4. The maximum absolute atomic E-state index is 12.2. The van der Waals surface area contributed by atoms with Crippen molar-refractivity contribution in [1.29, 1.82) is 0 Å². The van der Waals surface area contributed by atoms with E-state index in [9.17, 15) is 19.2 Å². The van der Waals surface area contributed by atoms with Crippen LogP contribution in [0.3, 0.4) is 0 Å². The molecule has 1 aliphatic carbocycles. The second-order valence-electron chi connectivity index (χ2n) is 6.70. The lowest BCUT2D eigenvalue weighted by Crippen LogP contribution is -2.39. The summed E-state index contributed by atoms with van der Waals surface area (Å²) >= 11 is 1.25. The van der Waals surface area contributed by atoms with Gasteiger partial charge >= 0.3 is 0 Å². The highest BCUT2D eigenvalue weighted by Gasteiger charge is 2.34. The highest BCUT2D eigenvalue weighted by Crippen LogP contribution is 2.21. The van der Waals surface area contributed by atoms with E-state index in [0.717, 1.165) is 30.6 Å². The van der Waals surface area contributed by atoms with E-state index < -0.39 is 0 Å². The molecule has 27 heavy (non-hydrogen) atoms. The standard InChI is InChI=1S/C19H23N3O4S/c23-16(11-27-12-17(24)21-13-5-1-2-6-13)20-9-10-22-18(25)14-7-3-4-8-15(14)19(22)26/h3-4,7-8,13H,1-2,5-6,9-12H2,(H,20,23)(H,21,24). The van der Waals surface area contributed by atoms with Gasteiger partial charge in [-0.1, -0.05) is 25.0 Å².